The summed E-state index contributed by atoms with van der Waals surface area (Å²) in [5.74, 6) is 1.00. The molecule has 10 heteroatoms. The van der Waals surface area contributed by atoms with Gasteiger partial charge in [0.25, 0.3) is 5.91 Å². The molecule has 198 valence electrons. The number of para-hydroxylation sites is 2. The van der Waals surface area contributed by atoms with Crippen molar-refractivity contribution in [1.29, 1.82) is 0 Å². The number of morpholine rings is 1. The fourth-order valence-electron chi connectivity index (χ4n) is 4.51. The van der Waals surface area contributed by atoms with E-state index in [-0.39, 0.29) is 29.6 Å². The molecule has 2 aliphatic heterocycles. The highest BCUT2D eigenvalue weighted by molar-refractivity contribution is 6.19. The molecular weight excluding hydrogens is 496 g/mol. The van der Waals surface area contributed by atoms with Crippen molar-refractivity contribution in [3.63, 3.8) is 0 Å². The molecule has 0 bridgehead atoms. The van der Waals surface area contributed by atoms with Gasteiger partial charge < -0.3 is 29.2 Å². The van der Waals surface area contributed by atoms with E-state index >= 15 is 0 Å². The molecule has 2 aromatic carbocycles. The number of rotatable bonds is 10. The molecule has 0 radical (unpaired) electrons. The predicted molar refractivity (Wildman–Crippen MR) is 143 cm³/mol. The lowest BCUT2D eigenvalue weighted by molar-refractivity contribution is -0.116. The van der Waals surface area contributed by atoms with Gasteiger partial charge >= 0.3 is 0 Å². The lowest BCUT2D eigenvalue weighted by atomic mass is 10.1. The van der Waals surface area contributed by atoms with E-state index in [0.29, 0.717) is 45.2 Å². The molecule has 0 unspecified atom stereocenters. The zero-order chi connectivity index (χ0) is 24.7. The first-order valence-electron chi connectivity index (χ1n) is 12.4. The van der Waals surface area contributed by atoms with Crippen LogP contribution < -0.4 is 10.1 Å². The number of allylic oxidation sites excluding steroid dienone is 1. The minimum absolute atomic E-state index is 0. The van der Waals surface area contributed by atoms with Crippen molar-refractivity contribution in [2.24, 2.45) is 0 Å². The number of hydrogen-bond acceptors (Lipinski definition) is 7. The standard InChI is InChI=1S/C27H32N4O5.ClH/c32-24-9-10-31-23-4-2-1-3-22(23)29-26(31)25(24)27(33)28-19-20-5-7-21(8-6-20)36-18-17-35-16-13-30-11-14-34-15-12-30;/h1-8,32H,9-19H2,(H,28,33);1H. The first-order valence-corrected chi connectivity index (χ1v) is 12.4. The Morgan fingerprint density at radius 1 is 1.03 bits per heavy atom. The van der Waals surface area contributed by atoms with E-state index in [1.807, 2.05) is 53.1 Å². The van der Waals surface area contributed by atoms with Crippen molar-refractivity contribution < 1.29 is 24.1 Å². The molecular formula is C27H33ClN4O5. The topological polar surface area (TPSA) is 98.1 Å². The Balaban J connectivity index is 0.00000320. The number of nitrogens with one attached hydrogen (secondary N) is 1. The van der Waals surface area contributed by atoms with Gasteiger partial charge in [-0.25, -0.2) is 4.98 Å². The molecule has 3 heterocycles. The van der Waals surface area contributed by atoms with Crippen molar-refractivity contribution in [1.82, 2.24) is 19.8 Å². The van der Waals surface area contributed by atoms with Crippen molar-refractivity contribution in [3.05, 3.63) is 65.7 Å². The summed E-state index contributed by atoms with van der Waals surface area (Å²) in [5.41, 5.74) is 2.95. The number of fused-ring (bicyclic) bond motifs is 3. The molecule has 3 aromatic rings. The molecule has 1 saturated heterocycles. The fourth-order valence-corrected chi connectivity index (χ4v) is 4.51. The van der Waals surface area contributed by atoms with E-state index in [0.717, 1.165) is 55.2 Å². The van der Waals surface area contributed by atoms with Gasteiger partial charge in [0.1, 0.15) is 29.5 Å². The predicted octanol–water partition coefficient (Wildman–Crippen LogP) is 3.17. The summed E-state index contributed by atoms with van der Waals surface area (Å²) in [6, 6.07) is 15.3. The van der Waals surface area contributed by atoms with Crippen LogP contribution in [0.1, 0.15) is 17.8 Å². The molecule has 0 saturated carbocycles. The summed E-state index contributed by atoms with van der Waals surface area (Å²) in [4.78, 5) is 19.9. The maximum Gasteiger partial charge on any atom is 0.258 e. The maximum atomic E-state index is 13.0. The van der Waals surface area contributed by atoms with Crippen molar-refractivity contribution >= 4 is 34.9 Å². The quantitative estimate of drug-likeness (QED) is 0.390. The van der Waals surface area contributed by atoms with Gasteiger partial charge in [0.15, 0.2) is 0 Å². The number of aliphatic hydroxyl groups is 1. The Labute approximate surface area is 222 Å². The van der Waals surface area contributed by atoms with Gasteiger partial charge in [-0.3, -0.25) is 9.69 Å². The first-order chi connectivity index (χ1) is 17.7. The van der Waals surface area contributed by atoms with E-state index in [2.05, 4.69) is 15.2 Å². The summed E-state index contributed by atoms with van der Waals surface area (Å²) >= 11 is 0. The SMILES string of the molecule is Cl.O=C(NCc1ccc(OCCOCCN2CCOCC2)cc1)C1=C(O)CCn2c1nc1ccccc12. The molecule has 1 amide bonds. The highest BCUT2D eigenvalue weighted by Crippen LogP contribution is 2.29. The molecule has 37 heavy (non-hydrogen) atoms. The van der Waals surface area contributed by atoms with Crippen LogP contribution in [0.3, 0.4) is 0 Å². The monoisotopic (exact) mass is 528 g/mol. The second-order valence-electron chi connectivity index (χ2n) is 8.89. The van der Waals surface area contributed by atoms with Crippen LogP contribution in [0.2, 0.25) is 0 Å². The van der Waals surface area contributed by atoms with Gasteiger partial charge in [0, 0.05) is 39.1 Å². The molecule has 0 aliphatic carbocycles. The number of aromatic nitrogens is 2. The molecule has 2 N–H and O–H groups in total. The Hall–Kier alpha value is -3.11. The van der Waals surface area contributed by atoms with Crippen LogP contribution in [0.15, 0.2) is 54.3 Å². The van der Waals surface area contributed by atoms with Gasteiger partial charge in [0.05, 0.1) is 37.5 Å². The molecule has 1 aromatic heterocycles. The Kier molecular flexibility index (Phi) is 9.40. The number of benzene rings is 2. The zero-order valence-electron chi connectivity index (χ0n) is 20.7. The van der Waals surface area contributed by atoms with E-state index in [1.54, 1.807) is 0 Å². The number of amides is 1. The number of ether oxygens (including phenoxy) is 3. The highest BCUT2D eigenvalue weighted by Gasteiger charge is 2.27. The molecule has 2 aliphatic rings. The van der Waals surface area contributed by atoms with Crippen LogP contribution in [0.25, 0.3) is 16.6 Å². The maximum absolute atomic E-state index is 13.0. The fraction of sp³-hybridized carbons (Fsp3) is 0.407. The number of nitrogens with zero attached hydrogens (tertiary/aromatic N) is 3. The van der Waals surface area contributed by atoms with E-state index < -0.39 is 0 Å². The lowest BCUT2D eigenvalue weighted by Crippen LogP contribution is -2.38. The molecule has 1 fully saturated rings. The Bertz CT molecular complexity index is 1220. The zero-order valence-corrected chi connectivity index (χ0v) is 21.5. The summed E-state index contributed by atoms with van der Waals surface area (Å²) < 4.78 is 18.8. The molecule has 0 atom stereocenters. The smallest absolute Gasteiger partial charge is 0.258 e. The van der Waals surface area contributed by atoms with Gasteiger partial charge in [0.2, 0.25) is 0 Å². The number of hydrogen-bond donors (Lipinski definition) is 2. The normalized spacial score (nSPS) is 15.8. The summed E-state index contributed by atoms with van der Waals surface area (Å²) in [6.07, 6.45) is 0.402. The van der Waals surface area contributed by atoms with E-state index in [9.17, 15) is 9.90 Å². The number of aliphatic hydroxyl groups excluding tert-OH is 1. The van der Waals surface area contributed by atoms with Crippen LogP contribution in [0.4, 0.5) is 0 Å². The van der Waals surface area contributed by atoms with Crippen molar-refractivity contribution in [2.75, 3.05) is 52.7 Å². The number of imidazole rings is 1. The van der Waals surface area contributed by atoms with Crippen molar-refractivity contribution in [3.8, 4) is 5.75 Å². The summed E-state index contributed by atoms with van der Waals surface area (Å²) in [5, 5.41) is 13.4. The number of halogens is 1. The number of carbonyl (C=O) groups is 1. The second-order valence-corrected chi connectivity index (χ2v) is 8.89. The van der Waals surface area contributed by atoms with E-state index in [1.165, 1.54) is 0 Å². The number of carbonyl (C=O) groups excluding carboxylic acids is 1. The average molecular weight is 529 g/mol. The number of aryl methyl sites for hydroxylation is 1. The lowest BCUT2D eigenvalue weighted by Gasteiger charge is -2.26. The largest absolute Gasteiger partial charge is 0.511 e. The second kappa shape index (κ2) is 12.9. The third-order valence-electron chi connectivity index (χ3n) is 6.49. The molecule has 5 rings (SSSR count). The van der Waals surface area contributed by atoms with Gasteiger partial charge in [-0.2, -0.15) is 0 Å². The minimum atomic E-state index is -0.335. The van der Waals surface area contributed by atoms with Gasteiger partial charge in [-0.15, -0.1) is 12.4 Å². The Morgan fingerprint density at radius 2 is 1.81 bits per heavy atom. The Morgan fingerprint density at radius 3 is 2.62 bits per heavy atom. The summed E-state index contributed by atoms with van der Waals surface area (Å²) in [6.45, 7) is 7.07. The third kappa shape index (κ3) is 6.61. The van der Waals surface area contributed by atoms with Crippen LogP contribution in [0, 0.1) is 0 Å². The van der Waals surface area contributed by atoms with Crippen LogP contribution in [0.5, 0.6) is 5.75 Å². The van der Waals surface area contributed by atoms with Gasteiger partial charge in [-0.05, 0) is 29.8 Å². The molecule has 0 spiro atoms. The third-order valence-corrected chi connectivity index (χ3v) is 6.49. The first kappa shape index (κ1) is 26.9. The van der Waals surface area contributed by atoms with Crippen molar-refractivity contribution in [2.45, 2.75) is 19.5 Å². The molecule has 9 nitrogen and oxygen atoms in total. The van der Waals surface area contributed by atoms with Crippen LogP contribution >= 0.6 is 12.4 Å². The van der Waals surface area contributed by atoms with Crippen LogP contribution in [-0.2, 0) is 27.4 Å². The van der Waals surface area contributed by atoms with Crippen LogP contribution in [-0.4, -0.2) is 78.1 Å². The van der Waals surface area contributed by atoms with Gasteiger partial charge in [-0.1, -0.05) is 24.3 Å². The highest BCUT2D eigenvalue weighted by atomic mass is 35.5. The summed E-state index contributed by atoms with van der Waals surface area (Å²) in [7, 11) is 0. The average Bonchev–Trinajstić information content (AvgIpc) is 3.29. The van der Waals surface area contributed by atoms with E-state index in [4.69, 9.17) is 14.2 Å². The minimum Gasteiger partial charge on any atom is -0.511 e.